The van der Waals surface area contributed by atoms with Crippen LogP contribution in [0.1, 0.15) is 16.1 Å². The van der Waals surface area contributed by atoms with Crippen LogP contribution in [-0.2, 0) is 6.42 Å². The molecular formula is C14H13NO3. The second-order valence-electron chi connectivity index (χ2n) is 4.24. The zero-order valence-electron chi connectivity index (χ0n) is 9.76. The minimum Gasteiger partial charge on any atom is -0.488 e. The van der Waals surface area contributed by atoms with Gasteiger partial charge in [0, 0.05) is 6.42 Å². The van der Waals surface area contributed by atoms with Gasteiger partial charge in [-0.3, -0.25) is 4.79 Å². The van der Waals surface area contributed by atoms with Crippen LogP contribution in [0.15, 0.2) is 47.1 Å². The first-order valence-corrected chi connectivity index (χ1v) is 5.89. The van der Waals surface area contributed by atoms with Gasteiger partial charge in [-0.1, -0.05) is 18.2 Å². The minimum atomic E-state index is -0.209. The Balaban J connectivity index is 1.56. The number of hydrogen-bond donors (Lipinski definition) is 1. The molecule has 0 saturated heterocycles. The number of carbonyl (C=O) groups is 1. The zero-order chi connectivity index (χ0) is 12.4. The van der Waals surface area contributed by atoms with Crippen molar-refractivity contribution >= 4 is 5.91 Å². The van der Waals surface area contributed by atoms with Crippen LogP contribution in [0.2, 0.25) is 0 Å². The van der Waals surface area contributed by atoms with Crippen LogP contribution >= 0.6 is 0 Å². The van der Waals surface area contributed by atoms with Crippen molar-refractivity contribution in [3.8, 4) is 5.75 Å². The normalized spacial score (nSPS) is 17.0. The number of ether oxygens (including phenoxy) is 1. The third kappa shape index (κ3) is 2.09. The van der Waals surface area contributed by atoms with Crippen LogP contribution in [0.3, 0.4) is 0 Å². The van der Waals surface area contributed by atoms with Crippen molar-refractivity contribution in [2.75, 3.05) is 6.54 Å². The lowest BCUT2D eigenvalue weighted by molar-refractivity contribution is 0.0906. The zero-order valence-corrected chi connectivity index (χ0v) is 9.76. The number of para-hydroxylation sites is 1. The first kappa shape index (κ1) is 10.9. The quantitative estimate of drug-likeness (QED) is 0.897. The number of rotatable bonds is 3. The summed E-state index contributed by atoms with van der Waals surface area (Å²) >= 11 is 0. The third-order valence-electron chi connectivity index (χ3n) is 2.95. The maximum Gasteiger partial charge on any atom is 0.287 e. The first-order valence-electron chi connectivity index (χ1n) is 5.89. The fourth-order valence-electron chi connectivity index (χ4n) is 2.07. The average molecular weight is 243 g/mol. The van der Waals surface area contributed by atoms with Crippen molar-refractivity contribution in [3.05, 3.63) is 54.0 Å². The Bertz CT molecular complexity index is 523. The molecule has 0 aliphatic carbocycles. The van der Waals surface area contributed by atoms with Gasteiger partial charge >= 0.3 is 0 Å². The summed E-state index contributed by atoms with van der Waals surface area (Å²) in [6.07, 6.45) is 2.31. The van der Waals surface area contributed by atoms with Crippen molar-refractivity contribution in [1.29, 1.82) is 0 Å². The number of benzene rings is 1. The summed E-state index contributed by atoms with van der Waals surface area (Å²) in [6, 6.07) is 11.3. The van der Waals surface area contributed by atoms with Gasteiger partial charge in [0.05, 0.1) is 12.8 Å². The van der Waals surface area contributed by atoms with Crippen molar-refractivity contribution in [2.24, 2.45) is 0 Å². The smallest absolute Gasteiger partial charge is 0.287 e. The van der Waals surface area contributed by atoms with Gasteiger partial charge in [0.2, 0.25) is 0 Å². The molecule has 1 aromatic heterocycles. The molecule has 0 bridgehead atoms. The molecule has 0 spiro atoms. The van der Waals surface area contributed by atoms with Crippen LogP contribution in [0, 0.1) is 0 Å². The molecule has 2 aromatic rings. The summed E-state index contributed by atoms with van der Waals surface area (Å²) < 4.78 is 10.7. The van der Waals surface area contributed by atoms with E-state index in [0.29, 0.717) is 12.3 Å². The number of carbonyl (C=O) groups excluding carboxylic acids is 1. The van der Waals surface area contributed by atoms with Gasteiger partial charge in [-0.05, 0) is 23.8 Å². The fourth-order valence-corrected chi connectivity index (χ4v) is 2.07. The maximum atomic E-state index is 11.7. The molecule has 92 valence electrons. The molecule has 4 nitrogen and oxygen atoms in total. The Morgan fingerprint density at radius 3 is 2.94 bits per heavy atom. The van der Waals surface area contributed by atoms with E-state index in [0.717, 1.165) is 12.2 Å². The molecular weight excluding hydrogens is 230 g/mol. The van der Waals surface area contributed by atoms with E-state index in [1.165, 1.54) is 11.8 Å². The van der Waals surface area contributed by atoms with E-state index in [9.17, 15) is 4.79 Å². The Hall–Kier alpha value is -2.23. The number of nitrogens with one attached hydrogen (secondary N) is 1. The Morgan fingerprint density at radius 1 is 1.28 bits per heavy atom. The molecule has 2 heterocycles. The van der Waals surface area contributed by atoms with Gasteiger partial charge in [-0.15, -0.1) is 0 Å². The van der Waals surface area contributed by atoms with Crippen LogP contribution in [0.25, 0.3) is 0 Å². The molecule has 1 unspecified atom stereocenters. The van der Waals surface area contributed by atoms with Crippen molar-refractivity contribution in [1.82, 2.24) is 5.32 Å². The summed E-state index contributed by atoms with van der Waals surface area (Å²) in [4.78, 5) is 11.7. The lowest BCUT2D eigenvalue weighted by Crippen LogP contribution is -2.34. The molecule has 4 heteroatoms. The summed E-state index contributed by atoms with van der Waals surface area (Å²) in [6.45, 7) is 0.480. The third-order valence-corrected chi connectivity index (χ3v) is 2.95. The Morgan fingerprint density at radius 2 is 2.17 bits per heavy atom. The van der Waals surface area contributed by atoms with E-state index < -0.39 is 0 Å². The second-order valence-corrected chi connectivity index (χ2v) is 4.24. The highest BCUT2D eigenvalue weighted by atomic mass is 16.5. The lowest BCUT2D eigenvalue weighted by Gasteiger charge is -2.10. The molecule has 1 amide bonds. The predicted octanol–water partition coefficient (Wildman–Crippen LogP) is 2.01. The predicted molar refractivity (Wildman–Crippen MR) is 65.6 cm³/mol. The van der Waals surface area contributed by atoms with Crippen LogP contribution < -0.4 is 10.1 Å². The van der Waals surface area contributed by atoms with Gasteiger partial charge in [-0.2, -0.15) is 0 Å². The maximum absolute atomic E-state index is 11.7. The molecule has 0 saturated carbocycles. The molecule has 0 radical (unpaired) electrons. The van der Waals surface area contributed by atoms with Crippen LogP contribution in [-0.4, -0.2) is 18.6 Å². The Labute approximate surface area is 105 Å². The highest BCUT2D eigenvalue weighted by Gasteiger charge is 2.23. The number of furan rings is 1. The van der Waals surface area contributed by atoms with E-state index in [4.69, 9.17) is 9.15 Å². The van der Waals surface area contributed by atoms with Gasteiger partial charge < -0.3 is 14.5 Å². The molecule has 18 heavy (non-hydrogen) atoms. The molecule has 0 fully saturated rings. The van der Waals surface area contributed by atoms with Crippen molar-refractivity contribution in [3.63, 3.8) is 0 Å². The van der Waals surface area contributed by atoms with E-state index in [1.54, 1.807) is 12.1 Å². The average Bonchev–Trinajstić information content (AvgIpc) is 3.04. The standard InChI is InChI=1S/C14H13NO3/c16-14(13-6-3-7-17-13)15-9-11-8-10-4-1-2-5-12(10)18-11/h1-7,11H,8-9H2,(H,15,16). The molecule has 1 atom stereocenters. The van der Waals surface area contributed by atoms with Crippen molar-refractivity contribution in [2.45, 2.75) is 12.5 Å². The summed E-state index contributed by atoms with van der Waals surface area (Å²) in [7, 11) is 0. The Kier molecular flexibility index (Phi) is 2.76. The van der Waals surface area contributed by atoms with E-state index in [2.05, 4.69) is 5.32 Å². The molecule has 1 aliphatic heterocycles. The van der Waals surface area contributed by atoms with Gasteiger partial charge in [0.15, 0.2) is 5.76 Å². The number of fused-ring (bicyclic) bond motifs is 1. The highest BCUT2D eigenvalue weighted by molar-refractivity contribution is 5.91. The second kappa shape index (κ2) is 4.56. The first-order chi connectivity index (χ1) is 8.83. The van der Waals surface area contributed by atoms with Crippen LogP contribution in [0.4, 0.5) is 0 Å². The van der Waals surface area contributed by atoms with E-state index in [-0.39, 0.29) is 12.0 Å². The topological polar surface area (TPSA) is 51.5 Å². The molecule has 1 aromatic carbocycles. The summed E-state index contributed by atoms with van der Waals surface area (Å²) in [5.41, 5.74) is 1.19. The summed E-state index contributed by atoms with van der Waals surface area (Å²) in [5, 5.41) is 2.80. The summed E-state index contributed by atoms with van der Waals surface area (Å²) in [5.74, 6) is 1.03. The van der Waals surface area contributed by atoms with E-state index >= 15 is 0 Å². The lowest BCUT2D eigenvalue weighted by atomic mass is 10.1. The monoisotopic (exact) mass is 243 g/mol. The minimum absolute atomic E-state index is 0.00122. The van der Waals surface area contributed by atoms with Gasteiger partial charge in [0.25, 0.3) is 5.91 Å². The molecule has 1 aliphatic rings. The van der Waals surface area contributed by atoms with Gasteiger partial charge in [0.1, 0.15) is 11.9 Å². The van der Waals surface area contributed by atoms with Gasteiger partial charge in [-0.25, -0.2) is 0 Å². The van der Waals surface area contributed by atoms with Crippen LogP contribution in [0.5, 0.6) is 5.75 Å². The van der Waals surface area contributed by atoms with E-state index in [1.807, 2.05) is 24.3 Å². The highest BCUT2D eigenvalue weighted by Crippen LogP contribution is 2.27. The molecule has 1 N–H and O–H groups in total. The van der Waals surface area contributed by atoms with Crippen molar-refractivity contribution < 1.29 is 13.9 Å². The number of amides is 1. The fraction of sp³-hybridized carbons (Fsp3) is 0.214. The number of hydrogen-bond acceptors (Lipinski definition) is 3. The SMILES string of the molecule is O=C(NCC1Cc2ccccc2O1)c1ccco1. The molecule has 3 rings (SSSR count). The largest absolute Gasteiger partial charge is 0.488 e.